The normalized spacial score (nSPS) is 13.4. The van der Waals surface area contributed by atoms with Crippen LogP contribution >= 0.6 is 27.3 Å². The molecule has 1 aromatic heterocycles. The lowest BCUT2D eigenvalue weighted by Gasteiger charge is -2.15. The lowest BCUT2D eigenvalue weighted by Crippen LogP contribution is -2.36. The Morgan fingerprint density at radius 3 is 2.67 bits per heavy atom. The van der Waals surface area contributed by atoms with Crippen molar-refractivity contribution in [1.29, 1.82) is 0 Å². The van der Waals surface area contributed by atoms with E-state index in [4.69, 9.17) is 5.84 Å². The molecule has 1 aromatic rings. The van der Waals surface area contributed by atoms with Gasteiger partial charge in [0.25, 0.3) is 0 Å². The first-order chi connectivity index (χ1) is 7.11. The number of hydrazine groups is 1. The van der Waals surface area contributed by atoms with Gasteiger partial charge in [0.1, 0.15) is 0 Å². The van der Waals surface area contributed by atoms with E-state index in [-0.39, 0.29) is 0 Å². The molecule has 1 heterocycles. The molecule has 4 heteroatoms. The Hall–Kier alpha value is 0.1000. The molecule has 15 heavy (non-hydrogen) atoms. The molecular formula is C11H19BrN2S. The van der Waals surface area contributed by atoms with Crippen LogP contribution in [0.3, 0.4) is 0 Å². The van der Waals surface area contributed by atoms with Crippen LogP contribution in [0.2, 0.25) is 0 Å². The summed E-state index contributed by atoms with van der Waals surface area (Å²) in [6.45, 7) is 4.49. The SMILES string of the molecule is CC(C)CCC(Cc1cc(Br)cs1)NN. The van der Waals surface area contributed by atoms with Crippen LogP contribution < -0.4 is 11.3 Å². The number of hydrogen-bond acceptors (Lipinski definition) is 3. The van der Waals surface area contributed by atoms with Crippen LogP contribution in [0, 0.1) is 5.92 Å². The number of nitrogens with one attached hydrogen (secondary N) is 1. The molecular weight excluding hydrogens is 272 g/mol. The van der Waals surface area contributed by atoms with Gasteiger partial charge in [0.05, 0.1) is 0 Å². The average Bonchev–Trinajstić information content (AvgIpc) is 2.58. The zero-order valence-corrected chi connectivity index (χ0v) is 11.7. The van der Waals surface area contributed by atoms with Crippen LogP contribution in [-0.2, 0) is 6.42 Å². The van der Waals surface area contributed by atoms with Crippen LogP contribution in [-0.4, -0.2) is 6.04 Å². The van der Waals surface area contributed by atoms with Crippen LogP contribution in [0.4, 0.5) is 0 Å². The van der Waals surface area contributed by atoms with Crippen molar-refractivity contribution < 1.29 is 0 Å². The fourth-order valence-corrected chi connectivity index (χ4v) is 3.02. The maximum atomic E-state index is 5.56. The Morgan fingerprint density at radius 1 is 1.47 bits per heavy atom. The summed E-state index contributed by atoms with van der Waals surface area (Å²) in [5.41, 5.74) is 2.91. The molecule has 1 rings (SSSR count). The molecule has 0 spiro atoms. The maximum absolute atomic E-state index is 5.56. The fourth-order valence-electron chi connectivity index (χ4n) is 1.48. The molecule has 0 aliphatic heterocycles. The molecule has 3 N–H and O–H groups in total. The number of rotatable bonds is 6. The van der Waals surface area contributed by atoms with Gasteiger partial charge in [-0.25, -0.2) is 0 Å². The highest BCUT2D eigenvalue weighted by molar-refractivity contribution is 9.10. The minimum Gasteiger partial charge on any atom is -0.271 e. The van der Waals surface area contributed by atoms with Crippen LogP contribution in [0.5, 0.6) is 0 Å². The maximum Gasteiger partial charge on any atom is 0.0285 e. The van der Waals surface area contributed by atoms with Gasteiger partial charge in [-0.05, 0) is 47.2 Å². The summed E-state index contributed by atoms with van der Waals surface area (Å²) in [7, 11) is 0. The van der Waals surface area contributed by atoms with Crippen LogP contribution in [0.1, 0.15) is 31.6 Å². The van der Waals surface area contributed by atoms with Crippen molar-refractivity contribution in [3.8, 4) is 0 Å². The Kier molecular flexibility index (Phi) is 5.82. The smallest absolute Gasteiger partial charge is 0.0285 e. The van der Waals surface area contributed by atoms with Crippen LogP contribution in [0.15, 0.2) is 15.9 Å². The third kappa shape index (κ3) is 5.11. The summed E-state index contributed by atoms with van der Waals surface area (Å²) in [5, 5.41) is 2.12. The first kappa shape index (κ1) is 13.2. The molecule has 0 radical (unpaired) electrons. The monoisotopic (exact) mass is 290 g/mol. The van der Waals surface area contributed by atoms with E-state index in [0.29, 0.717) is 6.04 Å². The van der Waals surface area contributed by atoms with E-state index in [0.717, 1.165) is 18.8 Å². The van der Waals surface area contributed by atoms with Gasteiger partial charge < -0.3 is 0 Å². The van der Waals surface area contributed by atoms with Crippen molar-refractivity contribution in [3.05, 3.63) is 20.8 Å². The third-order valence-electron chi connectivity index (χ3n) is 2.40. The Balaban J connectivity index is 2.39. The van der Waals surface area contributed by atoms with Gasteiger partial charge in [-0.15, -0.1) is 11.3 Å². The van der Waals surface area contributed by atoms with E-state index in [9.17, 15) is 0 Å². The van der Waals surface area contributed by atoms with Crippen molar-refractivity contribution in [2.45, 2.75) is 39.2 Å². The second-order valence-electron chi connectivity index (χ2n) is 4.27. The minimum atomic E-state index is 0.401. The molecule has 1 atom stereocenters. The Labute approximate surface area is 104 Å². The molecule has 0 fully saturated rings. The van der Waals surface area contributed by atoms with E-state index in [1.807, 2.05) is 0 Å². The summed E-state index contributed by atoms with van der Waals surface area (Å²) < 4.78 is 1.17. The zero-order valence-electron chi connectivity index (χ0n) is 9.29. The van der Waals surface area contributed by atoms with Gasteiger partial charge in [-0.1, -0.05) is 13.8 Å². The predicted octanol–water partition coefficient (Wildman–Crippen LogP) is 3.32. The average molecular weight is 291 g/mol. The zero-order chi connectivity index (χ0) is 11.3. The highest BCUT2D eigenvalue weighted by atomic mass is 79.9. The van der Waals surface area contributed by atoms with E-state index < -0.39 is 0 Å². The summed E-state index contributed by atoms with van der Waals surface area (Å²) in [5.74, 6) is 6.30. The second kappa shape index (κ2) is 6.63. The van der Waals surface area contributed by atoms with Crippen molar-refractivity contribution >= 4 is 27.3 Å². The van der Waals surface area contributed by atoms with Gasteiger partial charge in [-0.3, -0.25) is 11.3 Å². The molecule has 0 aliphatic rings. The molecule has 0 saturated carbocycles. The number of thiophene rings is 1. The van der Waals surface area contributed by atoms with Crippen molar-refractivity contribution in [3.63, 3.8) is 0 Å². The van der Waals surface area contributed by atoms with Crippen molar-refractivity contribution in [2.24, 2.45) is 11.8 Å². The summed E-state index contributed by atoms with van der Waals surface area (Å²) in [6, 6.07) is 2.57. The molecule has 0 aliphatic carbocycles. The molecule has 1 unspecified atom stereocenters. The van der Waals surface area contributed by atoms with Gasteiger partial charge >= 0.3 is 0 Å². The molecule has 2 nitrogen and oxygen atoms in total. The summed E-state index contributed by atoms with van der Waals surface area (Å²) in [4.78, 5) is 1.38. The van der Waals surface area contributed by atoms with Gasteiger partial charge in [-0.2, -0.15) is 0 Å². The Bertz CT molecular complexity index is 286. The quantitative estimate of drug-likeness (QED) is 0.623. The molecule has 0 aromatic carbocycles. The highest BCUT2D eigenvalue weighted by Gasteiger charge is 2.09. The lowest BCUT2D eigenvalue weighted by molar-refractivity contribution is 0.436. The van der Waals surface area contributed by atoms with E-state index >= 15 is 0 Å². The fraction of sp³-hybridized carbons (Fsp3) is 0.636. The first-order valence-corrected chi connectivity index (χ1v) is 6.98. The van der Waals surface area contributed by atoms with Crippen LogP contribution in [0.25, 0.3) is 0 Å². The number of halogens is 1. The van der Waals surface area contributed by atoms with Crippen molar-refractivity contribution in [1.82, 2.24) is 5.43 Å². The lowest BCUT2D eigenvalue weighted by atomic mass is 10.0. The van der Waals surface area contributed by atoms with E-state index in [1.165, 1.54) is 15.8 Å². The largest absolute Gasteiger partial charge is 0.271 e. The van der Waals surface area contributed by atoms with Gasteiger partial charge in [0.15, 0.2) is 0 Å². The van der Waals surface area contributed by atoms with Crippen molar-refractivity contribution in [2.75, 3.05) is 0 Å². The van der Waals surface area contributed by atoms with E-state index in [1.54, 1.807) is 11.3 Å². The molecule has 0 bridgehead atoms. The topological polar surface area (TPSA) is 38.0 Å². The summed E-state index contributed by atoms with van der Waals surface area (Å²) >= 11 is 5.25. The first-order valence-electron chi connectivity index (χ1n) is 5.31. The summed E-state index contributed by atoms with van der Waals surface area (Å²) in [6.07, 6.45) is 3.39. The standard InChI is InChI=1S/C11H19BrN2S/c1-8(2)3-4-10(14-13)6-11-5-9(12)7-15-11/h5,7-8,10,14H,3-4,6,13H2,1-2H3. The van der Waals surface area contributed by atoms with Gasteiger partial charge in [0.2, 0.25) is 0 Å². The number of nitrogens with two attached hydrogens (primary N) is 1. The predicted molar refractivity (Wildman–Crippen MR) is 70.9 cm³/mol. The van der Waals surface area contributed by atoms with E-state index in [2.05, 4.69) is 46.6 Å². The molecule has 86 valence electrons. The second-order valence-corrected chi connectivity index (χ2v) is 6.18. The molecule has 0 saturated heterocycles. The minimum absolute atomic E-state index is 0.401. The third-order valence-corrected chi connectivity index (χ3v) is 4.12. The van der Waals surface area contributed by atoms with Gasteiger partial charge in [0, 0.05) is 20.8 Å². The molecule has 0 amide bonds. The highest BCUT2D eigenvalue weighted by Crippen LogP contribution is 2.22. The Morgan fingerprint density at radius 2 is 2.20 bits per heavy atom. The number of hydrogen-bond donors (Lipinski definition) is 2.